The van der Waals surface area contributed by atoms with Gasteiger partial charge in [0.1, 0.15) is 12.1 Å². The Morgan fingerprint density at radius 3 is 2.31 bits per heavy atom. The molecule has 0 saturated carbocycles. The van der Waals surface area contributed by atoms with Gasteiger partial charge >= 0.3 is 11.9 Å². The van der Waals surface area contributed by atoms with E-state index in [2.05, 4.69) is 20.6 Å². The minimum atomic E-state index is -1.67. The molecule has 14 nitrogen and oxygen atoms in total. The molecule has 14 heteroatoms. The monoisotopic (exact) mass is 414 g/mol. The van der Waals surface area contributed by atoms with E-state index in [1.54, 1.807) is 0 Å². The minimum absolute atomic E-state index is 0.134. The van der Waals surface area contributed by atoms with Crippen LogP contribution in [0.25, 0.3) is 0 Å². The maximum absolute atomic E-state index is 12.0. The molecule has 1 rings (SSSR count). The first-order chi connectivity index (χ1) is 13.6. The summed E-state index contributed by atoms with van der Waals surface area (Å²) < 4.78 is 0. The number of carboxylic acid groups (broad SMARTS) is 2. The molecule has 0 fully saturated rings. The molecular weight excluding hydrogens is 392 g/mol. The average Bonchev–Trinajstić information content (AvgIpc) is 3.15. The first kappa shape index (κ1) is 23.5. The Bertz CT molecular complexity index is 737. The van der Waals surface area contributed by atoms with Gasteiger partial charge in [0, 0.05) is 18.3 Å². The lowest BCUT2D eigenvalue weighted by molar-refractivity contribution is -0.144. The van der Waals surface area contributed by atoms with Crippen LogP contribution in [0.3, 0.4) is 0 Å². The second kappa shape index (κ2) is 11.4. The number of imidazole rings is 1. The number of nitrogens with one attached hydrogen (secondary N) is 4. The molecule has 0 spiro atoms. The highest BCUT2D eigenvalue weighted by Gasteiger charge is 2.28. The maximum Gasteiger partial charge on any atom is 0.328 e. The molecule has 0 aromatic carbocycles. The number of carboxylic acids is 2. The van der Waals surface area contributed by atoms with Gasteiger partial charge in [0.05, 0.1) is 31.9 Å². The number of nitrogens with zero attached hydrogens (tertiary/aromatic N) is 1. The molecule has 0 saturated heterocycles. The number of carbonyl (C=O) groups is 5. The Labute approximate surface area is 163 Å². The number of hydrogen-bond acceptors (Lipinski definition) is 8. The number of H-pyrrole nitrogens is 1. The summed E-state index contributed by atoms with van der Waals surface area (Å²) in [4.78, 5) is 64.2. The molecular formula is C15H22N6O8. The van der Waals surface area contributed by atoms with Crippen molar-refractivity contribution in [2.24, 2.45) is 5.73 Å². The summed E-state index contributed by atoms with van der Waals surface area (Å²) in [5.41, 5.74) is 6.30. The average molecular weight is 414 g/mol. The Hall–Kier alpha value is -3.52. The summed E-state index contributed by atoms with van der Waals surface area (Å²) in [6, 6.07) is -4.28. The number of aromatic nitrogens is 2. The SMILES string of the molecule is NC(Cc1cnc[nH]1)C(=O)NCC(=O)NC(CC(=O)O)C(=O)NC(CO)C(=O)O. The maximum atomic E-state index is 12.0. The summed E-state index contributed by atoms with van der Waals surface area (Å²) in [6.07, 6.45) is 2.18. The minimum Gasteiger partial charge on any atom is -0.481 e. The van der Waals surface area contributed by atoms with Crippen molar-refractivity contribution in [3.8, 4) is 0 Å². The lowest BCUT2D eigenvalue weighted by atomic mass is 10.1. The Morgan fingerprint density at radius 1 is 1.10 bits per heavy atom. The highest BCUT2D eigenvalue weighted by molar-refractivity contribution is 5.94. The molecule has 160 valence electrons. The van der Waals surface area contributed by atoms with Gasteiger partial charge in [0.2, 0.25) is 17.7 Å². The first-order valence-electron chi connectivity index (χ1n) is 8.29. The van der Waals surface area contributed by atoms with Crippen molar-refractivity contribution in [2.45, 2.75) is 31.0 Å². The van der Waals surface area contributed by atoms with Crippen LogP contribution < -0.4 is 21.7 Å². The van der Waals surface area contributed by atoms with Gasteiger partial charge in [-0.3, -0.25) is 19.2 Å². The van der Waals surface area contributed by atoms with Crippen molar-refractivity contribution in [1.82, 2.24) is 25.9 Å². The molecule has 9 N–H and O–H groups in total. The van der Waals surface area contributed by atoms with Crippen LogP contribution in [-0.2, 0) is 30.4 Å². The molecule has 3 atom stereocenters. The van der Waals surface area contributed by atoms with Gasteiger partial charge in [-0.25, -0.2) is 9.78 Å². The molecule has 0 bridgehead atoms. The van der Waals surface area contributed by atoms with Gasteiger partial charge in [-0.1, -0.05) is 0 Å². The van der Waals surface area contributed by atoms with Gasteiger partial charge in [0.15, 0.2) is 0 Å². The van der Waals surface area contributed by atoms with Crippen LogP contribution in [0, 0.1) is 0 Å². The van der Waals surface area contributed by atoms with Crippen molar-refractivity contribution in [3.05, 3.63) is 18.2 Å². The zero-order chi connectivity index (χ0) is 22.0. The second-order valence-electron chi connectivity index (χ2n) is 5.91. The smallest absolute Gasteiger partial charge is 0.328 e. The van der Waals surface area contributed by atoms with Crippen LogP contribution in [0.4, 0.5) is 0 Å². The molecule has 3 unspecified atom stereocenters. The molecule has 0 aliphatic carbocycles. The van der Waals surface area contributed by atoms with Crippen LogP contribution in [0.1, 0.15) is 12.1 Å². The van der Waals surface area contributed by atoms with Gasteiger partial charge in [-0.15, -0.1) is 0 Å². The van der Waals surface area contributed by atoms with E-state index in [0.29, 0.717) is 5.69 Å². The molecule has 0 radical (unpaired) electrons. The highest BCUT2D eigenvalue weighted by Crippen LogP contribution is 1.97. The highest BCUT2D eigenvalue weighted by atomic mass is 16.4. The van der Waals surface area contributed by atoms with Crippen molar-refractivity contribution in [1.29, 1.82) is 0 Å². The summed E-state index contributed by atoms with van der Waals surface area (Å²) in [6.45, 7) is -1.53. The molecule has 1 aromatic heterocycles. The Balaban J connectivity index is 2.58. The summed E-state index contributed by atoms with van der Waals surface area (Å²) in [5.74, 6) is -5.67. The van der Waals surface area contributed by atoms with Gasteiger partial charge in [-0.05, 0) is 0 Å². The van der Waals surface area contributed by atoms with E-state index in [0.717, 1.165) is 0 Å². The van der Waals surface area contributed by atoms with E-state index >= 15 is 0 Å². The molecule has 0 aliphatic heterocycles. The molecule has 1 heterocycles. The van der Waals surface area contributed by atoms with E-state index in [9.17, 15) is 24.0 Å². The predicted octanol–water partition coefficient (Wildman–Crippen LogP) is -4.08. The molecule has 0 aliphatic rings. The number of amides is 3. The van der Waals surface area contributed by atoms with Crippen LogP contribution in [0.15, 0.2) is 12.5 Å². The van der Waals surface area contributed by atoms with Crippen LogP contribution in [0.2, 0.25) is 0 Å². The summed E-state index contributed by atoms with van der Waals surface area (Å²) in [7, 11) is 0. The number of hydrogen-bond donors (Lipinski definition) is 8. The summed E-state index contributed by atoms with van der Waals surface area (Å²) in [5, 5.41) is 32.8. The number of aromatic amines is 1. The topological polar surface area (TPSA) is 237 Å². The van der Waals surface area contributed by atoms with E-state index in [1.165, 1.54) is 12.5 Å². The molecule has 3 amide bonds. The third-order valence-corrected chi connectivity index (χ3v) is 3.58. The predicted molar refractivity (Wildman–Crippen MR) is 94.1 cm³/mol. The van der Waals surface area contributed by atoms with E-state index in [4.69, 9.17) is 21.1 Å². The Morgan fingerprint density at radius 2 is 1.79 bits per heavy atom. The quantitative estimate of drug-likeness (QED) is 0.164. The van der Waals surface area contributed by atoms with Gasteiger partial charge in [-0.2, -0.15) is 0 Å². The van der Waals surface area contributed by atoms with Crippen molar-refractivity contribution in [2.75, 3.05) is 13.2 Å². The molecule has 1 aromatic rings. The summed E-state index contributed by atoms with van der Waals surface area (Å²) >= 11 is 0. The van der Waals surface area contributed by atoms with Gasteiger partial charge in [0.25, 0.3) is 0 Å². The normalized spacial score (nSPS) is 13.6. The number of aliphatic hydroxyl groups excluding tert-OH is 1. The van der Waals surface area contributed by atoms with E-state index < -0.39 is 67.4 Å². The third-order valence-electron chi connectivity index (χ3n) is 3.58. The Kier molecular flexibility index (Phi) is 9.21. The number of carbonyl (C=O) groups excluding carboxylic acids is 3. The largest absolute Gasteiger partial charge is 0.481 e. The van der Waals surface area contributed by atoms with Gasteiger partial charge < -0.3 is 42.0 Å². The number of rotatable bonds is 12. The van der Waals surface area contributed by atoms with Crippen LogP contribution in [0.5, 0.6) is 0 Å². The van der Waals surface area contributed by atoms with Crippen molar-refractivity contribution < 1.29 is 39.3 Å². The lowest BCUT2D eigenvalue weighted by Gasteiger charge is -2.19. The van der Waals surface area contributed by atoms with E-state index in [-0.39, 0.29) is 6.42 Å². The van der Waals surface area contributed by atoms with E-state index in [1.807, 2.05) is 5.32 Å². The van der Waals surface area contributed by atoms with Crippen molar-refractivity contribution in [3.63, 3.8) is 0 Å². The third kappa shape index (κ3) is 8.35. The number of aliphatic hydroxyl groups is 1. The first-order valence-corrected chi connectivity index (χ1v) is 8.29. The fourth-order valence-corrected chi connectivity index (χ4v) is 2.11. The fourth-order valence-electron chi connectivity index (χ4n) is 2.11. The number of nitrogens with two attached hydrogens (primary N) is 1. The number of aliphatic carboxylic acids is 2. The lowest BCUT2D eigenvalue weighted by Crippen LogP contribution is -2.55. The van der Waals surface area contributed by atoms with Crippen LogP contribution in [-0.4, -0.2) is 86.2 Å². The molecule has 29 heavy (non-hydrogen) atoms. The van der Waals surface area contributed by atoms with Crippen molar-refractivity contribution >= 4 is 29.7 Å². The zero-order valence-corrected chi connectivity index (χ0v) is 15.1. The zero-order valence-electron chi connectivity index (χ0n) is 15.1. The fraction of sp³-hybridized carbons (Fsp3) is 0.467. The van der Waals surface area contributed by atoms with Crippen LogP contribution >= 0.6 is 0 Å². The second-order valence-corrected chi connectivity index (χ2v) is 5.91. The standard InChI is InChI=1S/C15H22N6O8/c16-8(1-7-3-17-6-19-7)13(26)18-4-11(23)20-9(2-12(24)25)14(27)21-10(5-22)15(28)29/h3,6,8-10,22H,1-2,4-5,16H2,(H,17,19)(H,18,26)(H,20,23)(H,21,27)(H,24,25)(H,28,29).